The molecule has 1 atom stereocenters. The lowest BCUT2D eigenvalue weighted by atomic mass is 9.94. The third kappa shape index (κ3) is 2.68. The summed E-state index contributed by atoms with van der Waals surface area (Å²) in [6, 6.07) is 14.0. The first-order chi connectivity index (χ1) is 8.18. The Bertz CT molecular complexity index is 506. The second-order valence-corrected chi connectivity index (χ2v) is 4.47. The second-order valence-electron chi connectivity index (χ2n) is 4.00. The van der Waals surface area contributed by atoms with Crippen molar-refractivity contribution in [2.45, 2.75) is 12.8 Å². The van der Waals surface area contributed by atoms with Crippen LogP contribution in [0.4, 0.5) is 0 Å². The molecule has 2 nitrogen and oxygen atoms in total. The summed E-state index contributed by atoms with van der Waals surface area (Å²) in [5.74, 6) is -0.105. The maximum atomic E-state index is 5.83. The van der Waals surface area contributed by atoms with Crippen molar-refractivity contribution >= 4 is 17.2 Å². The normalized spacial score (nSPS) is 12.1. The van der Waals surface area contributed by atoms with Gasteiger partial charge in [-0.25, -0.2) is 0 Å². The van der Waals surface area contributed by atoms with Crippen LogP contribution in [-0.4, -0.2) is 9.97 Å². The molecule has 0 aliphatic carbocycles. The van der Waals surface area contributed by atoms with E-state index in [0.717, 1.165) is 11.3 Å². The molecular weight excluding hydrogens is 228 g/mol. The van der Waals surface area contributed by atoms with Gasteiger partial charge in [0.1, 0.15) is 0 Å². The summed E-state index contributed by atoms with van der Waals surface area (Å²) in [4.78, 5) is 4.78. The van der Waals surface area contributed by atoms with Gasteiger partial charge >= 0.3 is 0 Å². The lowest BCUT2D eigenvalue weighted by Crippen LogP contribution is -2.21. The van der Waals surface area contributed by atoms with Gasteiger partial charge in [-0.1, -0.05) is 48.1 Å². The number of nitrogens with two attached hydrogens (primary N) is 1. The van der Waals surface area contributed by atoms with E-state index in [0.29, 0.717) is 4.99 Å². The number of benzene rings is 1. The number of rotatable bonds is 3. The number of aromatic nitrogens is 1. The Hall–Kier alpha value is -1.74. The summed E-state index contributed by atoms with van der Waals surface area (Å²) in [6.45, 7) is 2.06. The van der Waals surface area contributed by atoms with Crippen molar-refractivity contribution in [1.82, 2.24) is 4.98 Å². The Kier molecular flexibility index (Phi) is 3.49. The molecule has 1 aromatic carbocycles. The minimum atomic E-state index is -0.105. The fraction of sp³-hybridized carbons (Fsp3) is 0.143. The second kappa shape index (κ2) is 5.06. The summed E-state index contributed by atoms with van der Waals surface area (Å²) in [7, 11) is 0. The van der Waals surface area contributed by atoms with Gasteiger partial charge in [-0.2, -0.15) is 0 Å². The lowest BCUT2D eigenvalue weighted by Gasteiger charge is -2.15. The number of nitrogens with zero attached hydrogens (tertiary/aromatic N) is 1. The third-order valence-electron chi connectivity index (χ3n) is 2.68. The van der Waals surface area contributed by atoms with Crippen molar-refractivity contribution in [3.8, 4) is 0 Å². The molecular formula is C14H14N2S. The highest BCUT2D eigenvalue weighted by Crippen LogP contribution is 2.23. The van der Waals surface area contributed by atoms with Gasteiger partial charge in [0.05, 0.1) is 16.6 Å². The Morgan fingerprint density at radius 1 is 1.18 bits per heavy atom. The van der Waals surface area contributed by atoms with E-state index in [2.05, 4.69) is 24.0 Å². The highest BCUT2D eigenvalue weighted by atomic mass is 32.1. The molecule has 0 aliphatic heterocycles. The smallest absolute Gasteiger partial charge is 0.0864 e. The highest BCUT2D eigenvalue weighted by molar-refractivity contribution is 7.80. The van der Waals surface area contributed by atoms with Crippen molar-refractivity contribution in [1.29, 1.82) is 0 Å². The average Bonchev–Trinajstić information content (AvgIpc) is 2.33. The quantitative estimate of drug-likeness (QED) is 0.841. The van der Waals surface area contributed by atoms with Gasteiger partial charge in [-0.3, -0.25) is 4.98 Å². The molecule has 1 unspecified atom stereocenters. The van der Waals surface area contributed by atoms with Gasteiger partial charge in [0.25, 0.3) is 0 Å². The summed E-state index contributed by atoms with van der Waals surface area (Å²) >= 11 is 5.15. The molecule has 0 radical (unpaired) electrons. The zero-order valence-electron chi connectivity index (χ0n) is 9.63. The Morgan fingerprint density at radius 3 is 2.41 bits per heavy atom. The molecule has 1 heterocycles. The van der Waals surface area contributed by atoms with Gasteiger partial charge in [0.2, 0.25) is 0 Å². The molecule has 2 rings (SSSR count). The molecule has 2 N–H and O–H groups in total. The molecule has 2 aromatic rings. The maximum absolute atomic E-state index is 5.83. The van der Waals surface area contributed by atoms with E-state index < -0.39 is 0 Å². The summed E-state index contributed by atoms with van der Waals surface area (Å²) in [5.41, 5.74) is 9.03. The fourth-order valence-electron chi connectivity index (χ4n) is 1.79. The van der Waals surface area contributed by atoms with Crippen LogP contribution in [0, 0.1) is 6.92 Å². The predicted octanol–water partition coefficient (Wildman–Crippen LogP) is 2.81. The molecule has 1 aromatic heterocycles. The SMILES string of the molecule is Cc1ccc(C(C(N)=S)c2ccccn2)cc1. The number of thiocarbonyl (C=S) groups is 1. The molecule has 17 heavy (non-hydrogen) atoms. The van der Waals surface area contributed by atoms with Crippen LogP contribution in [0.1, 0.15) is 22.7 Å². The largest absolute Gasteiger partial charge is 0.392 e. The number of hydrogen-bond acceptors (Lipinski definition) is 2. The Morgan fingerprint density at radius 2 is 1.88 bits per heavy atom. The topological polar surface area (TPSA) is 38.9 Å². The lowest BCUT2D eigenvalue weighted by molar-refractivity contribution is 0.998. The molecule has 0 fully saturated rings. The highest BCUT2D eigenvalue weighted by Gasteiger charge is 2.17. The van der Waals surface area contributed by atoms with Crippen molar-refractivity contribution in [2.75, 3.05) is 0 Å². The van der Waals surface area contributed by atoms with Gasteiger partial charge in [0, 0.05) is 6.20 Å². The summed E-state index contributed by atoms with van der Waals surface area (Å²) in [5, 5.41) is 0. The summed E-state index contributed by atoms with van der Waals surface area (Å²) < 4.78 is 0. The number of pyridine rings is 1. The predicted molar refractivity (Wildman–Crippen MR) is 74.0 cm³/mol. The van der Waals surface area contributed by atoms with Crippen LogP contribution in [-0.2, 0) is 0 Å². The molecule has 0 saturated carbocycles. The van der Waals surface area contributed by atoms with E-state index in [-0.39, 0.29) is 5.92 Å². The van der Waals surface area contributed by atoms with Crippen molar-refractivity contribution in [3.63, 3.8) is 0 Å². The summed E-state index contributed by atoms with van der Waals surface area (Å²) in [6.07, 6.45) is 1.76. The molecule has 0 saturated heterocycles. The standard InChI is InChI=1S/C14H14N2S/c1-10-5-7-11(8-6-10)13(14(15)17)12-4-2-3-9-16-12/h2-9,13H,1H3,(H2,15,17). The third-order valence-corrected chi connectivity index (χ3v) is 2.91. The van der Waals surface area contributed by atoms with Crippen LogP contribution >= 0.6 is 12.2 Å². The molecule has 0 aliphatic rings. The minimum absolute atomic E-state index is 0.105. The van der Waals surface area contributed by atoms with E-state index in [4.69, 9.17) is 18.0 Å². The van der Waals surface area contributed by atoms with Gasteiger partial charge in [-0.15, -0.1) is 0 Å². The van der Waals surface area contributed by atoms with E-state index >= 15 is 0 Å². The van der Waals surface area contributed by atoms with Crippen molar-refractivity contribution in [3.05, 3.63) is 65.5 Å². The van der Waals surface area contributed by atoms with Crippen LogP contribution in [0.15, 0.2) is 48.7 Å². The first-order valence-corrected chi connectivity index (χ1v) is 5.86. The molecule has 3 heteroatoms. The number of hydrogen-bond donors (Lipinski definition) is 1. The van der Waals surface area contributed by atoms with Gasteiger partial charge < -0.3 is 5.73 Å². The van der Waals surface area contributed by atoms with Crippen molar-refractivity contribution in [2.24, 2.45) is 5.73 Å². The van der Waals surface area contributed by atoms with Crippen LogP contribution in [0.5, 0.6) is 0 Å². The molecule has 86 valence electrons. The number of aryl methyl sites for hydroxylation is 1. The fourth-order valence-corrected chi connectivity index (χ4v) is 2.04. The zero-order valence-corrected chi connectivity index (χ0v) is 10.4. The van der Waals surface area contributed by atoms with Crippen LogP contribution in [0.2, 0.25) is 0 Å². The van der Waals surface area contributed by atoms with E-state index in [1.165, 1.54) is 5.56 Å². The van der Waals surface area contributed by atoms with Gasteiger partial charge in [0.15, 0.2) is 0 Å². The average molecular weight is 242 g/mol. The van der Waals surface area contributed by atoms with Crippen LogP contribution in [0.3, 0.4) is 0 Å². The van der Waals surface area contributed by atoms with E-state index in [1.807, 2.05) is 30.3 Å². The van der Waals surface area contributed by atoms with E-state index in [1.54, 1.807) is 6.20 Å². The van der Waals surface area contributed by atoms with Gasteiger partial charge in [-0.05, 0) is 24.6 Å². The van der Waals surface area contributed by atoms with Crippen LogP contribution < -0.4 is 5.73 Å². The van der Waals surface area contributed by atoms with E-state index in [9.17, 15) is 0 Å². The van der Waals surface area contributed by atoms with Crippen LogP contribution in [0.25, 0.3) is 0 Å². The minimum Gasteiger partial charge on any atom is -0.392 e. The zero-order chi connectivity index (χ0) is 12.3. The first-order valence-electron chi connectivity index (χ1n) is 5.45. The van der Waals surface area contributed by atoms with Crippen molar-refractivity contribution < 1.29 is 0 Å². The Balaban J connectivity index is 2.43. The maximum Gasteiger partial charge on any atom is 0.0864 e. The Labute approximate surface area is 107 Å². The monoisotopic (exact) mass is 242 g/mol. The molecule has 0 amide bonds. The first kappa shape index (κ1) is 11.7. The molecule has 0 bridgehead atoms. The molecule has 0 spiro atoms.